The highest BCUT2D eigenvalue weighted by Gasteiger charge is 2.44. The summed E-state index contributed by atoms with van der Waals surface area (Å²) in [6.07, 6.45) is 2.30. The van der Waals surface area contributed by atoms with Crippen LogP contribution < -0.4 is 21.1 Å². The van der Waals surface area contributed by atoms with Crippen molar-refractivity contribution in [1.82, 2.24) is 20.8 Å². The molecule has 3 rings (SSSR count). The lowest BCUT2D eigenvalue weighted by atomic mass is 9.75. The van der Waals surface area contributed by atoms with Gasteiger partial charge in [-0.1, -0.05) is 23.5 Å². The Kier molecular flexibility index (Phi) is 5.50. The van der Waals surface area contributed by atoms with Crippen LogP contribution in [0.1, 0.15) is 17.0 Å². The Morgan fingerprint density at radius 1 is 1.44 bits per heavy atom. The highest BCUT2D eigenvalue weighted by molar-refractivity contribution is 7.15. The van der Waals surface area contributed by atoms with Crippen LogP contribution in [-0.4, -0.2) is 42.8 Å². The number of carbonyl (C=O) groups excluding carboxylic acids is 1. The van der Waals surface area contributed by atoms with Gasteiger partial charge in [0.15, 0.2) is 0 Å². The fraction of sp³-hybridized carbons (Fsp3) is 0.471. The third kappa shape index (κ3) is 4.26. The number of anilines is 1. The number of nitrogen functional groups attached to an aromatic ring is 1. The van der Waals surface area contributed by atoms with Gasteiger partial charge in [-0.2, -0.15) is 0 Å². The van der Waals surface area contributed by atoms with Crippen LogP contribution in [0.4, 0.5) is 5.13 Å². The number of carbonyl (C=O) groups is 1. The molecule has 1 aliphatic rings. The topological polar surface area (TPSA) is 102 Å². The van der Waals surface area contributed by atoms with Gasteiger partial charge in [-0.15, -0.1) is 10.2 Å². The number of aryl methyl sites for hydroxylation is 1. The van der Waals surface area contributed by atoms with Crippen molar-refractivity contribution in [3.8, 4) is 5.75 Å². The molecule has 2 aromatic rings. The van der Waals surface area contributed by atoms with E-state index in [1.807, 2.05) is 24.3 Å². The summed E-state index contributed by atoms with van der Waals surface area (Å²) in [7, 11) is 1.65. The fourth-order valence-corrected chi connectivity index (χ4v) is 3.61. The van der Waals surface area contributed by atoms with Gasteiger partial charge < -0.3 is 21.1 Å². The third-order valence-corrected chi connectivity index (χ3v) is 5.23. The fourth-order valence-electron chi connectivity index (χ4n) is 2.96. The van der Waals surface area contributed by atoms with Crippen LogP contribution >= 0.6 is 11.3 Å². The molecule has 7 nitrogen and oxygen atoms in total. The number of aromatic nitrogens is 2. The maximum absolute atomic E-state index is 12.7. The first kappa shape index (κ1) is 17.6. The second kappa shape index (κ2) is 7.79. The summed E-state index contributed by atoms with van der Waals surface area (Å²) >= 11 is 1.39. The van der Waals surface area contributed by atoms with Gasteiger partial charge in [0.25, 0.3) is 0 Å². The van der Waals surface area contributed by atoms with Gasteiger partial charge in [-0.05, 0) is 30.5 Å². The van der Waals surface area contributed by atoms with Gasteiger partial charge in [-0.3, -0.25) is 4.79 Å². The molecule has 25 heavy (non-hydrogen) atoms. The molecule has 2 heterocycles. The van der Waals surface area contributed by atoms with Gasteiger partial charge >= 0.3 is 0 Å². The quantitative estimate of drug-likeness (QED) is 0.607. The molecule has 0 atom stereocenters. The number of rotatable bonds is 8. The highest BCUT2D eigenvalue weighted by atomic mass is 32.1. The molecule has 8 heteroatoms. The zero-order chi connectivity index (χ0) is 17.7. The number of amides is 1. The Hall–Kier alpha value is -2.19. The molecule has 0 radical (unpaired) electrons. The molecule has 4 N–H and O–H groups in total. The first-order chi connectivity index (χ1) is 12.1. The summed E-state index contributed by atoms with van der Waals surface area (Å²) in [5, 5.41) is 15.5. The average Bonchev–Trinajstić information content (AvgIpc) is 3.00. The van der Waals surface area contributed by atoms with Crippen molar-refractivity contribution >= 4 is 22.4 Å². The number of ether oxygens (including phenoxy) is 1. The van der Waals surface area contributed by atoms with E-state index in [2.05, 4.69) is 20.8 Å². The predicted molar refractivity (Wildman–Crippen MR) is 97.7 cm³/mol. The Balaban J connectivity index is 1.51. The molecule has 0 bridgehead atoms. The molecule has 1 fully saturated rings. The Morgan fingerprint density at radius 2 is 2.28 bits per heavy atom. The molecular formula is C17H23N5O2S. The van der Waals surface area contributed by atoms with E-state index in [0.717, 1.165) is 29.2 Å². The molecule has 1 aromatic heterocycles. The van der Waals surface area contributed by atoms with Gasteiger partial charge in [-0.25, -0.2) is 0 Å². The van der Waals surface area contributed by atoms with E-state index < -0.39 is 0 Å². The lowest BCUT2D eigenvalue weighted by Crippen LogP contribution is -2.62. The number of nitrogens with two attached hydrogens (primary N) is 1. The highest BCUT2D eigenvalue weighted by Crippen LogP contribution is 2.29. The average molecular weight is 361 g/mol. The molecule has 0 spiro atoms. The van der Waals surface area contributed by atoms with Crippen LogP contribution in [0.3, 0.4) is 0 Å². The van der Waals surface area contributed by atoms with Crippen molar-refractivity contribution in [1.29, 1.82) is 0 Å². The van der Waals surface area contributed by atoms with Crippen molar-refractivity contribution in [2.75, 3.05) is 32.5 Å². The zero-order valence-corrected chi connectivity index (χ0v) is 15.1. The molecule has 0 unspecified atom stereocenters. The Bertz CT molecular complexity index is 729. The molecule has 1 saturated heterocycles. The van der Waals surface area contributed by atoms with Crippen molar-refractivity contribution < 1.29 is 9.53 Å². The van der Waals surface area contributed by atoms with Gasteiger partial charge in [0.2, 0.25) is 11.0 Å². The third-order valence-electron chi connectivity index (χ3n) is 4.42. The second-order valence-corrected chi connectivity index (χ2v) is 7.40. The molecular weight excluding hydrogens is 338 g/mol. The summed E-state index contributed by atoms with van der Waals surface area (Å²) in [4.78, 5) is 12.7. The number of methoxy groups -OCH3 is 1. The van der Waals surface area contributed by atoms with Crippen LogP contribution in [0.2, 0.25) is 0 Å². The van der Waals surface area contributed by atoms with Crippen LogP contribution in [0.15, 0.2) is 24.3 Å². The van der Waals surface area contributed by atoms with E-state index in [1.54, 1.807) is 7.11 Å². The van der Waals surface area contributed by atoms with Crippen molar-refractivity contribution in [3.05, 3.63) is 34.8 Å². The van der Waals surface area contributed by atoms with Crippen LogP contribution in [-0.2, 0) is 17.6 Å². The second-order valence-electron chi connectivity index (χ2n) is 6.31. The summed E-state index contributed by atoms with van der Waals surface area (Å²) in [5.74, 6) is 0.919. The van der Waals surface area contributed by atoms with Gasteiger partial charge in [0, 0.05) is 26.1 Å². The Morgan fingerprint density at radius 3 is 2.92 bits per heavy atom. The first-order valence-electron chi connectivity index (χ1n) is 8.31. The van der Waals surface area contributed by atoms with Crippen LogP contribution in [0.5, 0.6) is 5.75 Å². The summed E-state index contributed by atoms with van der Waals surface area (Å²) in [5.41, 5.74) is 6.30. The molecule has 1 amide bonds. The smallest absolute Gasteiger partial charge is 0.229 e. The number of hydrogen-bond donors (Lipinski definition) is 3. The van der Waals surface area contributed by atoms with Crippen molar-refractivity contribution in [2.24, 2.45) is 5.41 Å². The normalized spacial score (nSPS) is 15.4. The maximum Gasteiger partial charge on any atom is 0.229 e. The first-order valence-corrected chi connectivity index (χ1v) is 9.13. The number of benzene rings is 1. The molecule has 1 aliphatic heterocycles. The van der Waals surface area contributed by atoms with E-state index in [0.29, 0.717) is 31.2 Å². The lowest BCUT2D eigenvalue weighted by Gasteiger charge is -2.41. The maximum atomic E-state index is 12.7. The van der Waals surface area contributed by atoms with Gasteiger partial charge in [0.1, 0.15) is 10.8 Å². The van der Waals surface area contributed by atoms with Crippen LogP contribution in [0.25, 0.3) is 0 Å². The monoisotopic (exact) mass is 361 g/mol. The number of hydrogen-bond acceptors (Lipinski definition) is 7. The number of nitrogens with one attached hydrogen (secondary N) is 2. The predicted octanol–water partition coefficient (Wildman–Crippen LogP) is 1.01. The Labute approximate surface area is 151 Å². The van der Waals surface area contributed by atoms with E-state index in [1.165, 1.54) is 11.3 Å². The summed E-state index contributed by atoms with van der Waals surface area (Å²) < 4.78 is 5.27. The zero-order valence-electron chi connectivity index (χ0n) is 14.2. The minimum Gasteiger partial charge on any atom is -0.497 e. The molecule has 134 valence electrons. The van der Waals surface area contributed by atoms with Gasteiger partial charge in [0.05, 0.1) is 12.5 Å². The minimum atomic E-state index is -0.375. The lowest BCUT2D eigenvalue weighted by molar-refractivity contribution is -0.133. The standard InChI is InChI=1S/C17H23N5O2S/c1-24-13-5-2-4-12(8-13)9-17(10-19-11-17)15(23)20-7-3-6-14-21-22-16(18)25-14/h2,4-5,8,19H,3,6-7,9-11H2,1H3,(H2,18,22)(H,20,23). The molecule has 0 aliphatic carbocycles. The molecule has 1 aromatic carbocycles. The van der Waals surface area contributed by atoms with E-state index >= 15 is 0 Å². The van der Waals surface area contributed by atoms with E-state index in [4.69, 9.17) is 10.5 Å². The number of nitrogens with zero attached hydrogens (tertiary/aromatic N) is 2. The van der Waals surface area contributed by atoms with Crippen molar-refractivity contribution in [2.45, 2.75) is 19.3 Å². The SMILES string of the molecule is COc1cccc(CC2(C(=O)NCCCc3nnc(N)s3)CNC2)c1. The minimum absolute atomic E-state index is 0.103. The van der Waals surface area contributed by atoms with E-state index in [9.17, 15) is 4.79 Å². The molecule has 0 saturated carbocycles. The summed E-state index contributed by atoms with van der Waals surface area (Å²) in [6.45, 7) is 2.02. The van der Waals surface area contributed by atoms with Crippen molar-refractivity contribution in [3.63, 3.8) is 0 Å². The summed E-state index contributed by atoms with van der Waals surface area (Å²) in [6, 6.07) is 7.90. The largest absolute Gasteiger partial charge is 0.497 e. The van der Waals surface area contributed by atoms with E-state index in [-0.39, 0.29) is 11.3 Å². The van der Waals surface area contributed by atoms with Crippen LogP contribution in [0, 0.1) is 5.41 Å².